The van der Waals surface area contributed by atoms with E-state index in [0.717, 1.165) is 23.6 Å². The van der Waals surface area contributed by atoms with Crippen molar-refractivity contribution < 1.29 is 8.78 Å². The van der Waals surface area contributed by atoms with Crippen LogP contribution in [0.15, 0.2) is 42.5 Å². The molecule has 2 aromatic rings. The minimum atomic E-state index is -0.556. The third kappa shape index (κ3) is 2.82. The molecule has 2 rings (SSSR count). The Balaban J connectivity index is 2.50. The molecule has 0 heterocycles. The molecule has 19 heavy (non-hydrogen) atoms. The van der Waals surface area contributed by atoms with Crippen LogP contribution in [0.5, 0.6) is 0 Å². The Morgan fingerprint density at radius 2 is 1.79 bits per heavy atom. The fourth-order valence-electron chi connectivity index (χ4n) is 2.35. The predicted octanol–water partition coefficient (Wildman–Crippen LogP) is 3.84. The number of halogens is 2. The van der Waals surface area contributed by atoms with Gasteiger partial charge in [0, 0.05) is 11.6 Å². The molecule has 1 unspecified atom stereocenters. The number of hydrogen-bond acceptors (Lipinski definition) is 1. The van der Waals surface area contributed by atoms with Gasteiger partial charge in [-0.15, -0.1) is 0 Å². The highest BCUT2D eigenvalue weighted by Gasteiger charge is 2.18. The summed E-state index contributed by atoms with van der Waals surface area (Å²) in [6.45, 7) is 2.06. The lowest BCUT2D eigenvalue weighted by Crippen LogP contribution is -2.20. The maximum atomic E-state index is 13.9. The molecular formula is C16H17F2N. The van der Waals surface area contributed by atoms with Crippen LogP contribution in [-0.4, -0.2) is 7.05 Å². The van der Waals surface area contributed by atoms with E-state index in [1.165, 1.54) is 12.1 Å². The summed E-state index contributed by atoms with van der Waals surface area (Å²) < 4.78 is 26.9. The van der Waals surface area contributed by atoms with Crippen molar-refractivity contribution in [2.45, 2.75) is 19.4 Å². The molecule has 1 N–H and O–H groups in total. The van der Waals surface area contributed by atoms with Crippen LogP contribution in [0.2, 0.25) is 0 Å². The number of nitrogens with one attached hydrogen (secondary N) is 1. The van der Waals surface area contributed by atoms with Gasteiger partial charge in [-0.25, -0.2) is 8.78 Å². The number of rotatable bonds is 4. The Bertz CT molecular complexity index is 566. The summed E-state index contributed by atoms with van der Waals surface area (Å²) in [5.41, 5.74) is 2.65. The molecule has 0 saturated carbocycles. The van der Waals surface area contributed by atoms with Crippen molar-refractivity contribution in [3.63, 3.8) is 0 Å². The fourth-order valence-corrected chi connectivity index (χ4v) is 2.35. The number of hydrogen-bond donors (Lipinski definition) is 1. The van der Waals surface area contributed by atoms with Crippen LogP contribution >= 0.6 is 0 Å². The molecule has 0 amide bonds. The van der Waals surface area contributed by atoms with E-state index in [2.05, 4.69) is 12.2 Å². The molecule has 0 saturated heterocycles. The van der Waals surface area contributed by atoms with Gasteiger partial charge in [0.15, 0.2) is 0 Å². The fraction of sp³-hybridized carbons (Fsp3) is 0.250. The second-order valence-electron chi connectivity index (χ2n) is 4.44. The minimum Gasteiger partial charge on any atom is -0.309 e. The zero-order valence-corrected chi connectivity index (χ0v) is 11.1. The second-order valence-corrected chi connectivity index (χ2v) is 4.44. The Labute approximate surface area is 112 Å². The van der Waals surface area contributed by atoms with Gasteiger partial charge in [0.1, 0.15) is 11.6 Å². The van der Waals surface area contributed by atoms with Gasteiger partial charge in [-0.3, -0.25) is 0 Å². The number of aryl methyl sites for hydroxylation is 1. The summed E-state index contributed by atoms with van der Waals surface area (Å²) in [5.74, 6) is -1.08. The largest absolute Gasteiger partial charge is 0.309 e. The van der Waals surface area contributed by atoms with E-state index < -0.39 is 11.6 Å². The molecule has 3 heteroatoms. The summed E-state index contributed by atoms with van der Waals surface area (Å²) in [6.07, 6.45) is 0.872. The molecule has 1 nitrogen and oxygen atoms in total. The summed E-state index contributed by atoms with van der Waals surface area (Å²) in [5, 5.41) is 3.11. The van der Waals surface area contributed by atoms with E-state index in [1.807, 2.05) is 24.3 Å². The molecule has 0 bridgehead atoms. The Kier molecular flexibility index (Phi) is 4.27. The monoisotopic (exact) mass is 261 g/mol. The van der Waals surface area contributed by atoms with Crippen molar-refractivity contribution in [2.24, 2.45) is 0 Å². The van der Waals surface area contributed by atoms with Gasteiger partial charge in [-0.05, 0) is 30.7 Å². The van der Waals surface area contributed by atoms with Crippen molar-refractivity contribution in [1.82, 2.24) is 5.32 Å². The summed E-state index contributed by atoms with van der Waals surface area (Å²) in [7, 11) is 1.78. The standard InChI is InChI=1S/C16H17F2N/c1-3-11-6-4-5-7-13(11)16(19-2)14-9-8-12(17)10-15(14)18/h4-10,16,19H,3H2,1-2H3. The minimum absolute atomic E-state index is 0.267. The molecule has 0 aromatic heterocycles. The van der Waals surface area contributed by atoms with Crippen molar-refractivity contribution >= 4 is 0 Å². The van der Waals surface area contributed by atoms with Crippen LogP contribution in [0.3, 0.4) is 0 Å². The molecule has 1 atom stereocenters. The van der Waals surface area contributed by atoms with E-state index in [1.54, 1.807) is 7.05 Å². The first-order valence-corrected chi connectivity index (χ1v) is 6.37. The third-order valence-corrected chi connectivity index (χ3v) is 3.31. The van der Waals surface area contributed by atoms with Gasteiger partial charge in [0.05, 0.1) is 6.04 Å². The quantitative estimate of drug-likeness (QED) is 0.881. The first kappa shape index (κ1) is 13.7. The van der Waals surface area contributed by atoms with Gasteiger partial charge >= 0.3 is 0 Å². The summed E-state index contributed by atoms with van der Waals surface area (Å²) in [6, 6.07) is 11.3. The second kappa shape index (κ2) is 5.93. The lowest BCUT2D eigenvalue weighted by molar-refractivity contribution is 0.551. The maximum Gasteiger partial charge on any atom is 0.131 e. The highest BCUT2D eigenvalue weighted by atomic mass is 19.1. The molecule has 0 aliphatic carbocycles. The van der Waals surface area contributed by atoms with Crippen LogP contribution in [0.25, 0.3) is 0 Å². The Morgan fingerprint density at radius 1 is 1.05 bits per heavy atom. The van der Waals surface area contributed by atoms with Gasteiger partial charge < -0.3 is 5.32 Å². The lowest BCUT2D eigenvalue weighted by Gasteiger charge is -2.20. The molecule has 0 spiro atoms. The van der Waals surface area contributed by atoms with Crippen molar-refractivity contribution in [2.75, 3.05) is 7.05 Å². The Morgan fingerprint density at radius 3 is 2.42 bits per heavy atom. The first-order valence-electron chi connectivity index (χ1n) is 6.37. The predicted molar refractivity (Wildman–Crippen MR) is 73.1 cm³/mol. The molecule has 2 aromatic carbocycles. The van der Waals surface area contributed by atoms with Crippen molar-refractivity contribution in [1.29, 1.82) is 0 Å². The van der Waals surface area contributed by atoms with Crippen molar-refractivity contribution in [3.05, 3.63) is 70.8 Å². The van der Waals surface area contributed by atoms with E-state index in [-0.39, 0.29) is 6.04 Å². The van der Waals surface area contributed by atoms with Gasteiger partial charge in [-0.1, -0.05) is 37.3 Å². The van der Waals surface area contributed by atoms with E-state index in [4.69, 9.17) is 0 Å². The van der Waals surface area contributed by atoms with Crippen LogP contribution in [0, 0.1) is 11.6 Å². The van der Waals surface area contributed by atoms with Gasteiger partial charge in [0.25, 0.3) is 0 Å². The lowest BCUT2D eigenvalue weighted by atomic mass is 9.93. The van der Waals surface area contributed by atoms with E-state index >= 15 is 0 Å². The average Bonchev–Trinajstić information content (AvgIpc) is 2.42. The van der Waals surface area contributed by atoms with Gasteiger partial charge in [-0.2, -0.15) is 0 Å². The number of benzene rings is 2. The van der Waals surface area contributed by atoms with E-state index in [9.17, 15) is 8.78 Å². The smallest absolute Gasteiger partial charge is 0.131 e. The highest BCUT2D eigenvalue weighted by molar-refractivity contribution is 5.38. The first-order chi connectivity index (χ1) is 9.17. The average molecular weight is 261 g/mol. The summed E-state index contributed by atoms with van der Waals surface area (Å²) >= 11 is 0. The SMILES string of the molecule is CCc1ccccc1C(NC)c1ccc(F)cc1F. The summed E-state index contributed by atoms with van der Waals surface area (Å²) in [4.78, 5) is 0. The molecule has 100 valence electrons. The van der Waals surface area contributed by atoms with Crippen LogP contribution in [-0.2, 0) is 6.42 Å². The molecular weight excluding hydrogens is 244 g/mol. The zero-order valence-electron chi connectivity index (χ0n) is 11.1. The topological polar surface area (TPSA) is 12.0 Å². The normalized spacial score (nSPS) is 12.4. The zero-order chi connectivity index (χ0) is 13.8. The molecule has 0 radical (unpaired) electrons. The van der Waals surface area contributed by atoms with Crippen LogP contribution in [0.1, 0.15) is 29.7 Å². The Hall–Kier alpha value is -1.74. The third-order valence-electron chi connectivity index (χ3n) is 3.31. The maximum absolute atomic E-state index is 13.9. The molecule has 0 fully saturated rings. The molecule has 0 aliphatic heterocycles. The highest BCUT2D eigenvalue weighted by Crippen LogP contribution is 2.27. The van der Waals surface area contributed by atoms with Crippen LogP contribution in [0.4, 0.5) is 8.78 Å². The van der Waals surface area contributed by atoms with Crippen molar-refractivity contribution in [3.8, 4) is 0 Å². The van der Waals surface area contributed by atoms with E-state index in [0.29, 0.717) is 5.56 Å². The van der Waals surface area contributed by atoms with Gasteiger partial charge in [0.2, 0.25) is 0 Å². The van der Waals surface area contributed by atoms with Crippen LogP contribution < -0.4 is 5.32 Å². The molecule has 0 aliphatic rings.